The van der Waals surface area contributed by atoms with Crippen molar-refractivity contribution in [1.82, 2.24) is 0 Å². The summed E-state index contributed by atoms with van der Waals surface area (Å²) in [5.41, 5.74) is 1.37. The van der Waals surface area contributed by atoms with Crippen LogP contribution in [0.15, 0.2) is 84.9 Å². The highest BCUT2D eigenvalue weighted by Crippen LogP contribution is 2.29. The predicted molar refractivity (Wildman–Crippen MR) is 108 cm³/mol. The molecule has 4 nitrogen and oxygen atoms in total. The van der Waals surface area contributed by atoms with Crippen LogP contribution >= 0.6 is 0 Å². The molecular formula is C23H15NO3. The topological polar surface area (TPSA) is 60.2 Å². The summed E-state index contributed by atoms with van der Waals surface area (Å²) in [5, 5.41) is 15.1. The highest BCUT2D eigenvalue weighted by atomic mass is 16.6. The molecule has 0 aromatic heterocycles. The highest BCUT2D eigenvalue weighted by Gasteiger charge is 2.09. The molecule has 0 bridgehead atoms. The lowest BCUT2D eigenvalue weighted by Gasteiger charge is -2.08. The van der Waals surface area contributed by atoms with E-state index in [1.165, 1.54) is 30.3 Å². The average Bonchev–Trinajstić information content (AvgIpc) is 2.71. The number of fused-ring (bicyclic) bond motifs is 2. The Balaban J connectivity index is 1.77. The molecule has 0 aliphatic carbocycles. The minimum Gasteiger partial charge on any atom is -0.289 e. The fraction of sp³-hybridized carbons (Fsp3) is 0. The number of nitro groups is 1. The van der Waals surface area contributed by atoms with E-state index in [4.69, 9.17) is 0 Å². The van der Waals surface area contributed by atoms with Gasteiger partial charge in [-0.3, -0.25) is 14.9 Å². The van der Waals surface area contributed by atoms with Gasteiger partial charge >= 0.3 is 0 Å². The van der Waals surface area contributed by atoms with Gasteiger partial charge in [0.05, 0.1) is 4.92 Å². The van der Waals surface area contributed by atoms with Crippen molar-refractivity contribution in [3.8, 4) is 0 Å². The molecule has 0 amide bonds. The Morgan fingerprint density at radius 3 is 1.93 bits per heavy atom. The van der Waals surface area contributed by atoms with Crippen molar-refractivity contribution in [3.63, 3.8) is 0 Å². The Kier molecular flexibility index (Phi) is 4.22. The highest BCUT2D eigenvalue weighted by molar-refractivity contribution is 6.11. The Labute approximate surface area is 155 Å². The number of nitrogens with zero attached hydrogens (tertiary/aromatic N) is 1. The van der Waals surface area contributed by atoms with Crippen LogP contribution in [0.2, 0.25) is 0 Å². The van der Waals surface area contributed by atoms with Crippen molar-refractivity contribution >= 4 is 39.1 Å². The van der Waals surface area contributed by atoms with E-state index in [0.717, 1.165) is 27.1 Å². The molecular weight excluding hydrogens is 338 g/mol. The SMILES string of the molecule is O=C(C=Cc1c2ccccc2cc2ccccc12)c1ccc([N+](=O)[O-])cc1. The van der Waals surface area contributed by atoms with Gasteiger partial charge in [-0.1, -0.05) is 48.5 Å². The Morgan fingerprint density at radius 1 is 0.815 bits per heavy atom. The van der Waals surface area contributed by atoms with Crippen LogP contribution in [-0.2, 0) is 0 Å². The molecule has 0 aliphatic heterocycles. The fourth-order valence-corrected chi connectivity index (χ4v) is 3.23. The maximum absolute atomic E-state index is 12.5. The van der Waals surface area contributed by atoms with Gasteiger partial charge in [0.15, 0.2) is 5.78 Å². The number of benzene rings is 4. The zero-order valence-electron chi connectivity index (χ0n) is 14.3. The third-order valence-electron chi connectivity index (χ3n) is 4.58. The van der Waals surface area contributed by atoms with Gasteiger partial charge in [0.25, 0.3) is 5.69 Å². The van der Waals surface area contributed by atoms with Gasteiger partial charge in [-0.25, -0.2) is 0 Å². The molecule has 0 unspecified atom stereocenters. The van der Waals surface area contributed by atoms with Gasteiger partial charge in [-0.15, -0.1) is 0 Å². The monoisotopic (exact) mass is 353 g/mol. The normalized spacial score (nSPS) is 11.3. The molecule has 130 valence electrons. The van der Waals surface area contributed by atoms with Crippen LogP contribution in [0.3, 0.4) is 0 Å². The van der Waals surface area contributed by atoms with E-state index in [-0.39, 0.29) is 11.5 Å². The second-order valence-corrected chi connectivity index (χ2v) is 6.23. The molecule has 4 aromatic rings. The largest absolute Gasteiger partial charge is 0.289 e. The number of nitro benzene ring substituents is 1. The smallest absolute Gasteiger partial charge is 0.269 e. The number of carbonyl (C=O) groups is 1. The zero-order valence-corrected chi connectivity index (χ0v) is 14.3. The summed E-state index contributed by atoms with van der Waals surface area (Å²) >= 11 is 0. The van der Waals surface area contributed by atoms with E-state index in [0.29, 0.717) is 5.56 Å². The molecule has 4 heteroatoms. The molecule has 4 aromatic carbocycles. The Hall–Kier alpha value is -3.79. The van der Waals surface area contributed by atoms with Crippen LogP contribution in [0, 0.1) is 10.1 Å². The number of hydrogen-bond acceptors (Lipinski definition) is 3. The minimum atomic E-state index is -0.480. The Morgan fingerprint density at radius 2 is 1.37 bits per heavy atom. The molecule has 0 spiro atoms. The van der Waals surface area contributed by atoms with Crippen LogP contribution in [0.1, 0.15) is 15.9 Å². The summed E-state index contributed by atoms with van der Waals surface area (Å²) in [6.45, 7) is 0. The molecule has 27 heavy (non-hydrogen) atoms. The molecule has 4 rings (SSSR count). The van der Waals surface area contributed by atoms with Gasteiger partial charge in [-0.05, 0) is 57.5 Å². The number of hydrogen-bond donors (Lipinski definition) is 0. The summed E-state index contributed by atoms with van der Waals surface area (Å²) in [5.74, 6) is -0.193. The van der Waals surface area contributed by atoms with E-state index in [2.05, 4.69) is 18.2 Å². The number of non-ortho nitro benzene ring substituents is 1. The molecule has 0 saturated heterocycles. The third kappa shape index (κ3) is 3.20. The van der Waals surface area contributed by atoms with Crippen molar-refractivity contribution < 1.29 is 9.72 Å². The van der Waals surface area contributed by atoms with Crippen molar-refractivity contribution in [3.05, 3.63) is 106 Å². The Bertz CT molecular complexity index is 1150. The molecule has 0 N–H and O–H groups in total. The number of rotatable bonds is 4. The minimum absolute atomic E-state index is 0.0319. The lowest BCUT2D eigenvalue weighted by atomic mass is 9.96. The van der Waals surface area contributed by atoms with Crippen molar-refractivity contribution in [2.24, 2.45) is 0 Å². The molecule has 0 saturated carbocycles. The summed E-state index contributed by atoms with van der Waals surface area (Å²) in [6.07, 6.45) is 3.35. The number of allylic oxidation sites excluding steroid dienone is 1. The van der Waals surface area contributed by atoms with E-state index in [1.807, 2.05) is 42.5 Å². The maximum atomic E-state index is 12.5. The zero-order chi connectivity index (χ0) is 18.8. The quantitative estimate of drug-likeness (QED) is 0.153. The van der Waals surface area contributed by atoms with Crippen LogP contribution in [0.4, 0.5) is 5.69 Å². The van der Waals surface area contributed by atoms with Crippen LogP contribution in [0.5, 0.6) is 0 Å². The first-order valence-corrected chi connectivity index (χ1v) is 8.51. The average molecular weight is 353 g/mol. The van der Waals surface area contributed by atoms with Crippen LogP contribution < -0.4 is 0 Å². The molecule has 0 atom stereocenters. The first-order chi connectivity index (χ1) is 13.1. The van der Waals surface area contributed by atoms with E-state index >= 15 is 0 Å². The third-order valence-corrected chi connectivity index (χ3v) is 4.58. The van der Waals surface area contributed by atoms with Gasteiger partial charge < -0.3 is 0 Å². The lowest BCUT2D eigenvalue weighted by molar-refractivity contribution is -0.384. The van der Waals surface area contributed by atoms with Crippen molar-refractivity contribution in [2.45, 2.75) is 0 Å². The first-order valence-electron chi connectivity index (χ1n) is 8.51. The standard InChI is InChI=1S/C23H15NO3/c25-23(16-9-11-19(12-10-16)24(26)27)14-13-22-20-7-3-1-5-17(20)15-18-6-2-4-8-21(18)22/h1-15H. The van der Waals surface area contributed by atoms with E-state index in [9.17, 15) is 14.9 Å². The van der Waals surface area contributed by atoms with Gasteiger partial charge in [-0.2, -0.15) is 0 Å². The van der Waals surface area contributed by atoms with Gasteiger partial charge in [0.1, 0.15) is 0 Å². The number of ketones is 1. The van der Waals surface area contributed by atoms with Gasteiger partial charge in [0.2, 0.25) is 0 Å². The second kappa shape index (κ2) is 6.84. The van der Waals surface area contributed by atoms with Gasteiger partial charge in [0, 0.05) is 17.7 Å². The molecule has 0 radical (unpaired) electrons. The number of carbonyl (C=O) groups excluding carboxylic acids is 1. The van der Waals surface area contributed by atoms with Crippen molar-refractivity contribution in [1.29, 1.82) is 0 Å². The van der Waals surface area contributed by atoms with Crippen LogP contribution in [0.25, 0.3) is 27.6 Å². The predicted octanol–water partition coefficient (Wildman–Crippen LogP) is 5.80. The molecule has 0 fully saturated rings. The lowest BCUT2D eigenvalue weighted by Crippen LogP contribution is -1.95. The summed E-state index contributed by atoms with van der Waals surface area (Å²) < 4.78 is 0. The molecule has 0 heterocycles. The summed E-state index contributed by atoms with van der Waals surface area (Å²) in [6, 6.07) is 23.9. The second-order valence-electron chi connectivity index (χ2n) is 6.23. The summed E-state index contributed by atoms with van der Waals surface area (Å²) in [4.78, 5) is 22.8. The van der Waals surface area contributed by atoms with Crippen LogP contribution in [-0.4, -0.2) is 10.7 Å². The molecule has 0 aliphatic rings. The van der Waals surface area contributed by atoms with E-state index in [1.54, 1.807) is 0 Å². The fourth-order valence-electron chi connectivity index (χ4n) is 3.23. The maximum Gasteiger partial charge on any atom is 0.269 e. The first kappa shape index (κ1) is 16.7. The van der Waals surface area contributed by atoms with E-state index < -0.39 is 4.92 Å². The van der Waals surface area contributed by atoms with Crippen molar-refractivity contribution in [2.75, 3.05) is 0 Å². The summed E-state index contributed by atoms with van der Waals surface area (Å²) in [7, 11) is 0.